The van der Waals surface area contributed by atoms with E-state index >= 15 is 0 Å². The molecule has 0 aromatic heterocycles. The molecule has 1 heterocycles. The number of aldehydes is 1. The lowest BCUT2D eigenvalue weighted by molar-refractivity contribution is -0.115. The van der Waals surface area contributed by atoms with Gasteiger partial charge >= 0.3 is 0 Å². The number of nitrogens with zero attached hydrogens (tertiary/aromatic N) is 1. The smallest absolute Gasteiger partial charge is 0.131 e. The molecule has 3 atom stereocenters. The van der Waals surface area contributed by atoms with E-state index < -0.39 is 5.41 Å². The molecule has 1 fully saturated rings. The van der Waals surface area contributed by atoms with Crippen molar-refractivity contribution in [1.29, 1.82) is 0 Å². The van der Waals surface area contributed by atoms with Crippen molar-refractivity contribution in [1.82, 2.24) is 4.90 Å². The largest absolute Gasteiger partial charge is 0.376 e. The van der Waals surface area contributed by atoms with E-state index in [2.05, 4.69) is 18.7 Å². The molecule has 3 nitrogen and oxygen atoms in total. The van der Waals surface area contributed by atoms with Crippen molar-refractivity contribution in [2.24, 2.45) is 0 Å². The lowest BCUT2D eigenvalue weighted by Crippen LogP contribution is -2.53. The van der Waals surface area contributed by atoms with Gasteiger partial charge in [-0.3, -0.25) is 4.90 Å². The van der Waals surface area contributed by atoms with Crippen molar-refractivity contribution in [3.63, 3.8) is 0 Å². The van der Waals surface area contributed by atoms with Crippen LogP contribution >= 0.6 is 0 Å². The molecule has 1 aliphatic heterocycles. The Bertz CT molecular complexity index is 434. The fourth-order valence-electron chi connectivity index (χ4n) is 2.92. The molecule has 1 saturated heterocycles. The van der Waals surface area contributed by atoms with Crippen LogP contribution < -0.4 is 0 Å². The van der Waals surface area contributed by atoms with Crippen molar-refractivity contribution in [3.8, 4) is 0 Å². The molecule has 0 N–H and O–H groups in total. The Balaban J connectivity index is 2.18. The van der Waals surface area contributed by atoms with Crippen LogP contribution in [0.3, 0.4) is 0 Å². The zero-order valence-corrected chi connectivity index (χ0v) is 12.7. The maximum Gasteiger partial charge on any atom is 0.131 e. The lowest BCUT2D eigenvalue weighted by atomic mass is 9.83. The second-order valence-electron chi connectivity index (χ2n) is 6.04. The Morgan fingerprint density at radius 2 is 2.10 bits per heavy atom. The van der Waals surface area contributed by atoms with Gasteiger partial charge < -0.3 is 9.53 Å². The van der Waals surface area contributed by atoms with E-state index in [-0.39, 0.29) is 6.10 Å². The molecule has 3 heteroatoms. The van der Waals surface area contributed by atoms with Gasteiger partial charge in [0.05, 0.1) is 18.1 Å². The van der Waals surface area contributed by atoms with Gasteiger partial charge in [-0.05, 0) is 25.8 Å². The highest BCUT2D eigenvalue weighted by Crippen LogP contribution is 2.26. The summed E-state index contributed by atoms with van der Waals surface area (Å²) in [5.74, 6) is 0. The van der Waals surface area contributed by atoms with Crippen LogP contribution in [0.2, 0.25) is 0 Å². The number of hydrogen-bond donors (Lipinski definition) is 0. The fourth-order valence-corrected chi connectivity index (χ4v) is 2.92. The summed E-state index contributed by atoms with van der Waals surface area (Å²) in [6.07, 6.45) is 2.38. The average Bonchev–Trinajstić information content (AvgIpc) is 2.48. The third-order valence-corrected chi connectivity index (χ3v) is 4.28. The molecule has 2 rings (SSSR count). The fraction of sp³-hybridized carbons (Fsp3) is 0.588. The summed E-state index contributed by atoms with van der Waals surface area (Å²) in [5, 5.41) is 0. The monoisotopic (exact) mass is 275 g/mol. The molecule has 0 saturated carbocycles. The summed E-state index contributed by atoms with van der Waals surface area (Å²) in [6, 6.07) is 10.5. The van der Waals surface area contributed by atoms with Crippen LogP contribution in [0.5, 0.6) is 0 Å². The number of rotatable bonds is 5. The summed E-state index contributed by atoms with van der Waals surface area (Å²) in [7, 11) is 0. The Morgan fingerprint density at radius 1 is 1.40 bits per heavy atom. The summed E-state index contributed by atoms with van der Waals surface area (Å²) >= 11 is 0. The molecule has 20 heavy (non-hydrogen) atoms. The van der Waals surface area contributed by atoms with Gasteiger partial charge in [0, 0.05) is 19.1 Å². The van der Waals surface area contributed by atoms with E-state index in [0.717, 1.165) is 38.0 Å². The first kappa shape index (κ1) is 15.2. The van der Waals surface area contributed by atoms with Crippen molar-refractivity contribution < 1.29 is 9.53 Å². The predicted octanol–water partition coefficient (Wildman–Crippen LogP) is 2.64. The Kier molecular flexibility index (Phi) is 4.95. The highest BCUT2D eigenvalue weighted by molar-refractivity contribution is 5.68. The molecule has 0 aliphatic carbocycles. The number of ether oxygens (including phenoxy) is 1. The third-order valence-electron chi connectivity index (χ3n) is 4.28. The minimum absolute atomic E-state index is 0.240. The number of hydrogen-bond acceptors (Lipinski definition) is 3. The van der Waals surface area contributed by atoms with Crippen molar-refractivity contribution >= 4 is 6.29 Å². The first-order valence-electron chi connectivity index (χ1n) is 7.46. The molecule has 0 bridgehead atoms. The molecule has 0 spiro atoms. The molecule has 0 amide bonds. The van der Waals surface area contributed by atoms with E-state index in [0.29, 0.717) is 6.04 Å². The minimum Gasteiger partial charge on any atom is -0.376 e. The normalized spacial score (nSPS) is 26.9. The van der Waals surface area contributed by atoms with Crippen LogP contribution in [0.25, 0.3) is 0 Å². The highest BCUT2D eigenvalue weighted by atomic mass is 16.5. The number of morpholine rings is 1. The summed E-state index contributed by atoms with van der Waals surface area (Å²) in [5.41, 5.74) is 0.634. The number of carbonyl (C=O) groups excluding carboxylic acids is 1. The minimum atomic E-state index is -0.453. The van der Waals surface area contributed by atoms with E-state index in [1.165, 1.54) is 0 Å². The van der Waals surface area contributed by atoms with Gasteiger partial charge in [-0.15, -0.1) is 0 Å². The van der Waals surface area contributed by atoms with Crippen LogP contribution in [0.15, 0.2) is 30.3 Å². The summed E-state index contributed by atoms with van der Waals surface area (Å²) in [6.45, 7) is 8.72. The zero-order valence-electron chi connectivity index (χ0n) is 12.7. The topological polar surface area (TPSA) is 29.5 Å². The molecule has 1 aromatic carbocycles. The SMILES string of the molecule is CCC1COC(C)CN1CC(C)(C=O)c1ccccc1. The van der Waals surface area contributed by atoms with Gasteiger partial charge in [-0.25, -0.2) is 0 Å². The van der Waals surface area contributed by atoms with E-state index in [1.807, 2.05) is 37.3 Å². The van der Waals surface area contributed by atoms with Gasteiger partial charge in [0.15, 0.2) is 0 Å². The Morgan fingerprint density at radius 3 is 2.70 bits per heavy atom. The highest BCUT2D eigenvalue weighted by Gasteiger charge is 2.34. The van der Waals surface area contributed by atoms with Gasteiger partial charge in [0.1, 0.15) is 6.29 Å². The van der Waals surface area contributed by atoms with Crippen molar-refractivity contribution in [3.05, 3.63) is 35.9 Å². The maximum absolute atomic E-state index is 11.7. The van der Waals surface area contributed by atoms with Gasteiger partial charge in [-0.1, -0.05) is 37.3 Å². The van der Waals surface area contributed by atoms with Crippen molar-refractivity contribution in [2.75, 3.05) is 19.7 Å². The van der Waals surface area contributed by atoms with Crippen LogP contribution in [-0.4, -0.2) is 43.0 Å². The van der Waals surface area contributed by atoms with Crippen LogP contribution in [0, 0.1) is 0 Å². The first-order chi connectivity index (χ1) is 9.59. The van der Waals surface area contributed by atoms with Crippen LogP contribution in [-0.2, 0) is 14.9 Å². The van der Waals surface area contributed by atoms with Gasteiger partial charge in [-0.2, -0.15) is 0 Å². The zero-order chi connectivity index (χ0) is 14.6. The lowest BCUT2D eigenvalue weighted by Gasteiger charge is -2.42. The second kappa shape index (κ2) is 6.51. The number of benzene rings is 1. The third kappa shape index (κ3) is 3.28. The van der Waals surface area contributed by atoms with E-state index in [9.17, 15) is 4.79 Å². The molecule has 3 unspecified atom stereocenters. The summed E-state index contributed by atoms with van der Waals surface area (Å²) < 4.78 is 5.74. The Labute approximate surface area is 121 Å². The quantitative estimate of drug-likeness (QED) is 0.774. The maximum atomic E-state index is 11.7. The van der Waals surface area contributed by atoms with Gasteiger partial charge in [0.25, 0.3) is 0 Å². The number of carbonyl (C=O) groups is 1. The van der Waals surface area contributed by atoms with Crippen molar-refractivity contribution in [2.45, 2.75) is 44.8 Å². The standard InChI is InChI=1S/C17H25NO2/c1-4-16-11-20-14(2)10-18(16)12-17(3,13-19)15-8-6-5-7-9-15/h5-9,13-14,16H,4,10-12H2,1-3H3. The predicted molar refractivity (Wildman–Crippen MR) is 80.9 cm³/mol. The first-order valence-corrected chi connectivity index (χ1v) is 7.46. The second-order valence-corrected chi connectivity index (χ2v) is 6.04. The molecule has 110 valence electrons. The van der Waals surface area contributed by atoms with E-state index in [4.69, 9.17) is 4.74 Å². The van der Waals surface area contributed by atoms with Crippen LogP contribution in [0.4, 0.5) is 0 Å². The molecule has 0 radical (unpaired) electrons. The summed E-state index contributed by atoms with van der Waals surface area (Å²) in [4.78, 5) is 14.1. The average molecular weight is 275 g/mol. The molecule has 1 aromatic rings. The molecular formula is C17H25NO2. The van der Waals surface area contributed by atoms with Gasteiger partial charge in [0.2, 0.25) is 0 Å². The molecule has 1 aliphatic rings. The van der Waals surface area contributed by atoms with Crippen LogP contribution in [0.1, 0.15) is 32.8 Å². The Hall–Kier alpha value is -1.19. The van der Waals surface area contributed by atoms with E-state index in [1.54, 1.807) is 0 Å². The molecular weight excluding hydrogens is 250 g/mol.